The van der Waals surface area contributed by atoms with Gasteiger partial charge in [-0.1, -0.05) is 0 Å². The molecule has 28 heavy (non-hydrogen) atoms. The zero-order valence-corrected chi connectivity index (χ0v) is 15.2. The molecule has 2 aromatic heterocycles. The first-order chi connectivity index (χ1) is 13.7. The summed E-state index contributed by atoms with van der Waals surface area (Å²) in [6.07, 6.45) is 3.28. The fraction of sp³-hybridized carbons (Fsp3) is 0.105. The first-order valence-corrected chi connectivity index (χ1v) is 8.41. The molecule has 0 atom stereocenters. The average molecular weight is 378 g/mol. The van der Waals surface area contributed by atoms with Gasteiger partial charge < -0.3 is 30.2 Å². The van der Waals surface area contributed by atoms with E-state index in [1.54, 1.807) is 6.07 Å². The summed E-state index contributed by atoms with van der Waals surface area (Å²) in [6, 6.07) is 11.1. The highest BCUT2D eigenvalue weighted by atomic mass is 16.5. The van der Waals surface area contributed by atoms with Crippen molar-refractivity contribution in [2.75, 3.05) is 24.9 Å². The molecule has 0 unspecified atom stereocenters. The summed E-state index contributed by atoms with van der Waals surface area (Å²) in [5, 5.41) is 17.3. The maximum absolute atomic E-state index is 10.1. The summed E-state index contributed by atoms with van der Waals surface area (Å²) in [6.45, 7) is 0. The number of aromatic amines is 1. The normalized spacial score (nSPS) is 10.6. The number of ether oxygens (including phenoxy) is 2. The van der Waals surface area contributed by atoms with Crippen LogP contribution >= 0.6 is 0 Å². The largest absolute Gasteiger partial charge is 0.504 e. The maximum atomic E-state index is 10.1. The van der Waals surface area contributed by atoms with E-state index < -0.39 is 0 Å². The Kier molecular flexibility index (Phi) is 4.55. The molecule has 0 saturated heterocycles. The molecule has 0 aliphatic carbocycles. The SMILES string of the molecule is COc1cc(Nc2ncnc(Nc3ccc4[nH]ccc4c3)n2)cc(O)c1OC. The van der Waals surface area contributed by atoms with Crippen molar-refractivity contribution in [2.45, 2.75) is 0 Å². The van der Waals surface area contributed by atoms with E-state index in [-0.39, 0.29) is 11.5 Å². The molecule has 0 saturated carbocycles. The van der Waals surface area contributed by atoms with Gasteiger partial charge in [0, 0.05) is 40.6 Å². The van der Waals surface area contributed by atoms with Crippen LogP contribution in [0.1, 0.15) is 0 Å². The Morgan fingerprint density at radius 2 is 1.71 bits per heavy atom. The predicted octanol–water partition coefficient (Wildman–Crippen LogP) is 3.56. The minimum Gasteiger partial charge on any atom is -0.504 e. The van der Waals surface area contributed by atoms with Crippen molar-refractivity contribution in [1.29, 1.82) is 0 Å². The third-order valence-corrected chi connectivity index (χ3v) is 4.10. The van der Waals surface area contributed by atoms with Crippen LogP contribution in [0.3, 0.4) is 0 Å². The molecule has 0 radical (unpaired) electrons. The minimum absolute atomic E-state index is 0.0587. The van der Waals surface area contributed by atoms with Crippen molar-refractivity contribution < 1.29 is 14.6 Å². The molecule has 2 heterocycles. The van der Waals surface area contributed by atoms with Crippen molar-refractivity contribution in [3.8, 4) is 17.2 Å². The van der Waals surface area contributed by atoms with Crippen LogP contribution in [0.25, 0.3) is 10.9 Å². The molecule has 2 aromatic carbocycles. The highest BCUT2D eigenvalue weighted by molar-refractivity contribution is 5.83. The quantitative estimate of drug-likeness (QED) is 0.402. The smallest absolute Gasteiger partial charge is 0.232 e. The molecule has 4 aromatic rings. The number of hydrogen-bond donors (Lipinski definition) is 4. The van der Waals surface area contributed by atoms with Crippen molar-refractivity contribution in [1.82, 2.24) is 19.9 Å². The number of aromatic nitrogens is 4. The predicted molar refractivity (Wildman–Crippen MR) is 106 cm³/mol. The molecule has 4 N–H and O–H groups in total. The number of nitrogens with one attached hydrogen (secondary N) is 3. The van der Waals surface area contributed by atoms with Crippen LogP contribution in [0.15, 0.2) is 48.9 Å². The lowest BCUT2D eigenvalue weighted by atomic mass is 10.2. The van der Waals surface area contributed by atoms with Crippen LogP contribution in [0.5, 0.6) is 17.2 Å². The number of anilines is 4. The van der Waals surface area contributed by atoms with Crippen molar-refractivity contribution >= 4 is 34.2 Å². The van der Waals surface area contributed by atoms with Gasteiger partial charge in [-0.05, 0) is 24.3 Å². The third-order valence-electron chi connectivity index (χ3n) is 4.10. The number of benzene rings is 2. The van der Waals surface area contributed by atoms with Gasteiger partial charge in [-0.15, -0.1) is 0 Å². The van der Waals surface area contributed by atoms with Crippen molar-refractivity contribution in [3.63, 3.8) is 0 Å². The summed E-state index contributed by atoms with van der Waals surface area (Å²) < 4.78 is 10.4. The molecular formula is C19H18N6O3. The van der Waals surface area contributed by atoms with Gasteiger partial charge in [-0.25, -0.2) is 9.97 Å². The summed E-state index contributed by atoms with van der Waals surface area (Å²) in [7, 11) is 2.95. The van der Waals surface area contributed by atoms with Gasteiger partial charge >= 0.3 is 0 Å². The average Bonchev–Trinajstić information content (AvgIpc) is 3.15. The van der Waals surface area contributed by atoms with Gasteiger partial charge in [0.25, 0.3) is 0 Å². The maximum Gasteiger partial charge on any atom is 0.232 e. The Balaban J connectivity index is 1.56. The van der Waals surface area contributed by atoms with Gasteiger partial charge in [0.2, 0.25) is 17.6 Å². The molecular weight excluding hydrogens is 360 g/mol. The van der Waals surface area contributed by atoms with Gasteiger partial charge in [-0.2, -0.15) is 4.98 Å². The van der Waals surface area contributed by atoms with Gasteiger partial charge in [0.1, 0.15) is 6.33 Å². The van der Waals surface area contributed by atoms with Crippen LogP contribution in [-0.4, -0.2) is 39.3 Å². The Labute approximate surface area is 160 Å². The molecule has 9 nitrogen and oxygen atoms in total. The van der Waals surface area contributed by atoms with E-state index in [4.69, 9.17) is 9.47 Å². The number of aromatic hydroxyl groups is 1. The van der Waals surface area contributed by atoms with E-state index in [0.29, 0.717) is 23.3 Å². The fourth-order valence-electron chi connectivity index (χ4n) is 2.82. The Bertz CT molecular complexity index is 1130. The topological polar surface area (TPSA) is 117 Å². The van der Waals surface area contributed by atoms with Gasteiger partial charge in [0.05, 0.1) is 14.2 Å². The number of nitrogens with zero attached hydrogens (tertiary/aromatic N) is 3. The summed E-state index contributed by atoms with van der Waals surface area (Å²) in [5.74, 6) is 1.28. The third kappa shape index (κ3) is 3.45. The second kappa shape index (κ2) is 7.31. The first kappa shape index (κ1) is 17.4. The number of phenolic OH excluding ortho intramolecular Hbond substituents is 1. The zero-order chi connectivity index (χ0) is 19.5. The Morgan fingerprint density at radius 1 is 0.929 bits per heavy atom. The monoisotopic (exact) mass is 378 g/mol. The standard InChI is InChI=1S/C19H18N6O3/c1-27-16-9-13(8-15(26)17(16)28-2)24-19-22-10-21-18(25-19)23-12-3-4-14-11(7-12)5-6-20-14/h3-10,20,26H,1-2H3,(H2,21,22,23,24,25). The van der Waals surface area contributed by atoms with E-state index in [1.165, 1.54) is 26.6 Å². The van der Waals surface area contributed by atoms with Crippen LogP contribution in [-0.2, 0) is 0 Å². The first-order valence-electron chi connectivity index (χ1n) is 8.41. The molecule has 0 aliphatic rings. The second-order valence-electron chi connectivity index (χ2n) is 5.89. The van der Waals surface area contributed by atoms with Gasteiger partial charge in [0.15, 0.2) is 11.5 Å². The summed E-state index contributed by atoms with van der Waals surface area (Å²) in [5.41, 5.74) is 2.45. The van der Waals surface area contributed by atoms with E-state index in [2.05, 4.69) is 30.6 Å². The number of H-pyrrole nitrogens is 1. The molecule has 0 aliphatic heterocycles. The number of hydrogen-bond acceptors (Lipinski definition) is 8. The Hall–Kier alpha value is -4.01. The molecule has 0 spiro atoms. The lowest BCUT2D eigenvalue weighted by Crippen LogP contribution is -2.03. The zero-order valence-electron chi connectivity index (χ0n) is 15.2. The van der Waals surface area contributed by atoms with Crippen LogP contribution in [0, 0.1) is 0 Å². The van der Waals surface area contributed by atoms with Crippen molar-refractivity contribution in [2.24, 2.45) is 0 Å². The van der Waals surface area contributed by atoms with E-state index in [9.17, 15) is 5.11 Å². The molecule has 142 valence electrons. The highest BCUT2D eigenvalue weighted by Crippen LogP contribution is 2.39. The molecule has 0 amide bonds. The van der Waals surface area contributed by atoms with Crippen LogP contribution in [0.2, 0.25) is 0 Å². The lowest BCUT2D eigenvalue weighted by Gasteiger charge is -2.12. The Morgan fingerprint density at radius 3 is 2.46 bits per heavy atom. The molecule has 4 rings (SSSR count). The van der Waals surface area contributed by atoms with Gasteiger partial charge in [-0.3, -0.25) is 0 Å². The number of methoxy groups -OCH3 is 2. The molecule has 0 fully saturated rings. The fourth-order valence-corrected chi connectivity index (χ4v) is 2.82. The van der Waals surface area contributed by atoms with E-state index >= 15 is 0 Å². The number of phenols is 1. The summed E-state index contributed by atoms with van der Waals surface area (Å²) >= 11 is 0. The molecule has 9 heteroatoms. The minimum atomic E-state index is -0.0587. The lowest BCUT2D eigenvalue weighted by molar-refractivity contribution is 0.333. The second-order valence-corrected chi connectivity index (χ2v) is 5.89. The molecule has 0 bridgehead atoms. The van der Waals surface area contributed by atoms with Crippen LogP contribution in [0.4, 0.5) is 23.3 Å². The van der Waals surface area contributed by atoms with Crippen molar-refractivity contribution in [3.05, 3.63) is 48.9 Å². The number of fused-ring (bicyclic) bond motifs is 1. The van der Waals surface area contributed by atoms with Crippen LogP contribution < -0.4 is 20.1 Å². The summed E-state index contributed by atoms with van der Waals surface area (Å²) in [4.78, 5) is 15.8. The van der Waals surface area contributed by atoms with E-state index in [1.807, 2.05) is 30.5 Å². The van der Waals surface area contributed by atoms with E-state index in [0.717, 1.165) is 16.6 Å². The number of rotatable bonds is 6. The highest BCUT2D eigenvalue weighted by Gasteiger charge is 2.12.